The van der Waals surface area contributed by atoms with E-state index in [0.717, 1.165) is 33.6 Å². The molecule has 2 aromatic heterocycles. The molecule has 1 fully saturated rings. The second-order valence-electron chi connectivity index (χ2n) is 10.9. The van der Waals surface area contributed by atoms with E-state index < -0.39 is 24.4 Å². The molecule has 0 amide bonds. The van der Waals surface area contributed by atoms with Crippen LogP contribution in [-0.2, 0) is 22.6 Å². The molecule has 0 saturated carbocycles. The van der Waals surface area contributed by atoms with Gasteiger partial charge in [-0.05, 0) is 0 Å². The summed E-state index contributed by atoms with van der Waals surface area (Å²) in [5, 5.41) is 40.7. The predicted molar refractivity (Wildman–Crippen MR) is 168 cm³/mol. The Morgan fingerprint density at radius 2 is 0.844 bits per heavy atom. The van der Waals surface area contributed by atoms with E-state index >= 15 is 0 Å². The molecule has 7 rings (SSSR count). The van der Waals surface area contributed by atoms with Gasteiger partial charge in [-0.15, -0.1) is 10.2 Å². The molecule has 0 bridgehead atoms. The van der Waals surface area contributed by atoms with E-state index in [1.807, 2.05) is 121 Å². The number of ether oxygens (including phenoxy) is 2. The molecular weight excluding hydrogens is 568 g/mol. The number of benzene rings is 4. The Bertz CT molecular complexity index is 1690. The first-order chi connectivity index (χ1) is 22.2. The van der Waals surface area contributed by atoms with Crippen LogP contribution in [0.25, 0.3) is 45.0 Å². The molecular formula is C35H32N6O4. The molecule has 45 heavy (non-hydrogen) atoms. The molecule has 0 aliphatic carbocycles. The van der Waals surface area contributed by atoms with Gasteiger partial charge in [-0.1, -0.05) is 132 Å². The van der Waals surface area contributed by atoms with Crippen LogP contribution in [-0.4, -0.2) is 71.4 Å². The lowest BCUT2D eigenvalue weighted by Gasteiger charge is -2.26. The highest BCUT2D eigenvalue weighted by atomic mass is 16.7. The van der Waals surface area contributed by atoms with E-state index in [0.29, 0.717) is 11.4 Å². The number of aliphatic hydroxyl groups is 2. The summed E-state index contributed by atoms with van der Waals surface area (Å²) in [4.78, 5) is 0. The Balaban J connectivity index is 1.16. The number of hydrogen-bond acceptors (Lipinski definition) is 8. The largest absolute Gasteiger partial charge is 0.388 e. The fourth-order valence-electron chi connectivity index (χ4n) is 5.74. The third-order valence-electron chi connectivity index (χ3n) is 8.04. The third-order valence-corrected chi connectivity index (χ3v) is 8.04. The molecule has 4 aromatic carbocycles. The van der Waals surface area contributed by atoms with Crippen molar-refractivity contribution < 1.29 is 19.7 Å². The Labute approximate surface area is 260 Å². The van der Waals surface area contributed by atoms with Crippen molar-refractivity contribution in [2.45, 2.75) is 37.5 Å². The first kappa shape index (κ1) is 28.8. The monoisotopic (exact) mass is 600 g/mol. The van der Waals surface area contributed by atoms with Crippen LogP contribution in [0.3, 0.4) is 0 Å². The number of aromatic nitrogens is 6. The van der Waals surface area contributed by atoms with Gasteiger partial charge < -0.3 is 19.7 Å². The highest BCUT2D eigenvalue weighted by molar-refractivity contribution is 5.78. The first-order valence-electron chi connectivity index (χ1n) is 14.9. The summed E-state index contributed by atoms with van der Waals surface area (Å²) in [5.41, 5.74) is 6.70. The summed E-state index contributed by atoms with van der Waals surface area (Å²) < 4.78 is 15.4. The van der Waals surface area contributed by atoms with Crippen LogP contribution in [0.15, 0.2) is 121 Å². The zero-order valence-corrected chi connectivity index (χ0v) is 24.4. The van der Waals surface area contributed by atoms with Crippen LogP contribution in [0.4, 0.5) is 0 Å². The normalized spacial score (nSPS) is 20.1. The van der Waals surface area contributed by atoms with Crippen molar-refractivity contribution in [3.63, 3.8) is 0 Å². The molecule has 10 heteroatoms. The Kier molecular flexibility index (Phi) is 8.26. The summed E-state index contributed by atoms with van der Waals surface area (Å²) >= 11 is 0. The van der Waals surface area contributed by atoms with Crippen molar-refractivity contribution >= 4 is 0 Å². The van der Waals surface area contributed by atoms with Crippen molar-refractivity contribution in [2.75, 3.05) is 6.79 Å². The molecule has 4 atom stereocenters. The van der Waals surface area contributed by atoms with Gasteiger partial charge in [0.25, 0.3) is 0 Å². The van der Waals surface area contributed by atoms with E-state index in [9.17, 15) is 10.2 Å². The number of nitrogens with zero attached hydrogens (tertiary/aromatic N) is 6. The average molecular weight is 601 g/mol. The third kappa shape index (κ3) is 5.92. The van der Waals surface area contributed by atoms with Gasteiger partial charge in [0, 0.05) is 22.3 Å². The van der Waals surface area contributed by atoms with Gasteiger partial charge in [0.05, 0.1) is 24.5 Å². The van der Waals surface area contributed by atoms with Gasteiger partial charge in [-0.25, -0.2) is 9.36 Å². The van der Waals surface area contributed by atoms with E-state index in [2.05, 4.69) is 20.6 Å². The molecule has 3 heterocycles. The maximum absolute atomic E-state index is 11.4. The molecule has 10 nitrogen and oxygen atoms in total. The minimum atomic E-state index is -1.28. The number of aliphatic hydroxyl groups excluding tert-OH is 2. The maximum Gasteiger partial charge on any atom is 0.147 e. The average Bonchev–Trinajstić information content (AvgIpc) is 3.69. The minimum Gasteiger partial charge on any atom is -0.388 e. The molecule has 0 radical (unpaired) electrons. The molecule has 226 valence electrons. The topological polar surface area (TPSA) is 120 Å². The lowest BCUT2D eigenvalue weighted by Crippen LogP contribution is -2.46. The van der Waals surface area contributed by atoms with Gasteiger partial charge >= 0.3 is 0 Å². The van der Waals surface area contributed by atoms with Gasteiger partial charge in [0.15, 0.2) is 0 Å². The van der Waals surface area contributed by atoms with Gasteiger partial charge in [0.1, 0.15) is 42.6 Å². The Morgan fingerprint density at radius 3 is 1.20 bits per heavy atom. The summed E-state index contributed by atoms with van der Waals surface area (Å²) in [6.07, 6.45) is -4.19. The van der Waals surface area contributed by atoms with Crippen LogP contribution < -0.4 is 0 Å². The zero-order chi connectivity index (χ0) is 30.6. The number of rotatable bonds is 8. The van der Waals surface area contributed by atoms with E-state index in [1.165, 1.54) is 0 Å². The predicted octanol–water partition coefficient (Wildman–Crippen LogP) is 4.70. The Hall–Kier alpha value is -5.00. The first-order valence-corrected chi connectivity index (χ1v) is 14.9. The maximum atomic E-state index is 11.4. The molecule has 6 aromatic rings. The SMILES string of the molecule is O[C@H]1[C@H](O)[C@@H](Cn2nnc(-c3ccccc3)c2-c2ccccc2)OCO[C@@H]1Cn1nnc(-c2ccccc2)c1-c1ccccc1. The van der Waals surface area contributed by atoms with Crippen molar-refractivity contribution in [2.24, 2.45) is 0 Å². The molecule has 1 aliphatic rings. The van der Waals surface area contributed by atoms with Crippen LogP contribution in [0, 0.1) is 0 Å². The van der Waals surface area contributed by atoms with E-state index in [4.69, 9.17) is 9.47 Å². The molecule has 1 saturated heterocycles. The second kappa shape index (κ2) is 12.9. The quantitative estimate of drug-likeness (QED) is 0.258. The van der Waals surface area contributed by atoms with Crippen LogP contribution in [0.5, 0.6) is 0 Å². The summed E-state index contributed by atoms with van der Waals surface area (Å²) in [6, 6.07) is 39.4. The lowest BCUT2D eigenvalue weighted by atomic mass is 10.0. The minimum absolute atomic E-state index is 0.134. The molecule has 1 aliphatic heterocycles. The standard InChI is InChI=1S/C35H32N6O4/c42-34-28(21-40-32(26-17-9-3-10-18-26)30(36-38-40)24-13-5-1-6-14-24)44-23-45-29(35(34)43)22-41-33(27-19-11-4-12-20-27)31(37-39-41)25-15-7-2-8-16-25/h1-20,28-29,34-35,42-43H,21-23H2/t28-,29-,34-,35-/m1/s1. The highest BCUT2D eigenvalue weighted by Gasteiger charge is 2.38. The highest BCUT2D eigenvalue weighted by Crippen LogP contribution is 2.33. The van der Waals surface area contributed by atoms with Crippen molar-refractivity contribution in [3.8, 4) is 45.0 Å². The fourth-order valence-corrected chi connectivity index (χ4v) is 5.74. The summed E-state index contributed by atoms with van der Waals surface area (Å²) in [6.45, 7) is 0.162. The van der Waals surface area contributed by atoms with E-state index in [1.54, 1.807) is 9.36 Å². The zero-order valence-electron chi connectivity index (χ0n) is 24.4. The molecule has 2 N–H and O–H groups in total. The van der Waals surface area contributed by atoms with Gasteiger partial charge in [-0.2, -0.15) is 0 Å². The van der Waals surface area contributed by atoms with Crippen LogP contribution in [0.1, 0.15) is 0 Å². The summed E-state index contributed by atoms with van der Waals surface area (Å²) in [7, 11) is 0. The Morgan fingerprint density at radius 1 is 0.511 bits per heavy atom. The van der Waals surface area contributed by atoms with Gasteiger partial charge in [0.2, 0.25) is 0 Å². The van der Waals surface area contributed by atoms with Crippen molar-refractivity contribution in [1.82, 2.24) is 30.0 Å². The lowest BCUT2D eigenvalue weighted by molar-refractivity contribution is -0.113. The van der Waals surface area contributed by atoms with Crippen molar-refractivity contribution in [3.05, 3.63) is 121 Å². The second-order valence-corrected chi connectivity index (χ2v) is 10.9. The smallest absolute Gasteiger partial charge is 0.147 e. The molecule has 0 spiro atoms. The van der Waals surface area contributed by atoms with Crippen molar-refractivity contribution in [1.29, 1.82) is 0 Å². The van der Waals surface area contributed by atoms with Crippen LogP contribution >= 0.6 is 0 Å². The van der Waals surface area contributed by atoms with E-state index in [-0.39, 0.29) is 19.9 Å². The number of hydrogen-bond donors (Lipinski definition) is 2. The van der Waals surface area contributed by atoms with Gasteiger partial charge in [-0.3, -0.25) is 0 Å². The molecule has 0 unspecified atom stereocenters. The fraction of sp³-hybridized carbons (Fsp3) is 0.200. The summed E-state index contributed by atoms with van der Waals surface area (Å²) in [5.74, 6) is 0. The van der Waals surface area contributed by atoms with Crippen LogP contribution in [0.2, 0.25) is 0 Å².